The van der Waals surface area contributed by atoms with Crippen LogP contribution in [0, 0.1) is 10.8 Å². The highest BCUT2D eigenvalue weighted by molar-refractivity contribution is 9.09. The molecule has 0 spiro atoms. The van der Waals surface area contributed by atoms with Gasteiger partial charge in [0.25, 0.3) is 0 Å². The van der Waals surface area contributed by atoms with Crippen LogP contribution >= 0.6 is 15.9 Å². The van der Waals surface area contributed by atoms with Crippen molar-refractivity contribution in [3.05, 3.63) is 0 Å². The molecule has 13 heavy (non-hydrogen) atoms. The van der Waals surface area contributed by atoms with Gasteiger partial charge in [0.2, 0.25) is 0 Å². The van der Waals surface area contributed by atoms with Crippen LogP contribution in [0.5, 0.6) is 0 Å². The van der Waals surface area contributed by atoms with Crippen LogP contribution < -0.4 is 0 Å². The summed E-state index contributed by atoms with van der Waals surface area (Å²) < 4.78 is 0. The van der Waals surface area contributed by atoms with Gasteiger partial charge in [-0.3, -0.25) is 0 Å². The Bertz CT molecular complexity index is 175. The molecule has 1 aliphatic heterocycles. The molecule has 0 unspecified atom stereocenters. The fourth-order valence-electron chi connectivity index (χ4n) is 2.01. The summed E-state index contributed by atoms with van der Waals surface area (Å²) >= 11 is 3.58. The molecule has 1 nitrogen and oxygen atoms in total. The molecule has 0 radical (unpaired) electrons. The summed E-state index contributed by atoms with van der Waals surface area (Å²) in [4.78, 5) is 2.60. The zero-order chi connectivity index (χ0) is 10.1. The van der Waals surface area contributed by atoms with Gasteiger partial charge in [0.05, 0.1) is 0 Å². The van der Waals surface area contributed by atoms with Gasteiger partial charge in [-0.15, -0.1) is 0 Å². The zero-order valence-corrected chi connectivity index (χ0v) is 10.9. The minimum Gasteiger partial charge on any atom is -0.302 e. The van der Waals surface area contributed by atoms with E-state index in [9.17, 15) is 0 Å². The van der Waals surface area contributed by atoms with Gasteiger partial charge in [-0.1, -0.05) is 43.6 Å². The summed E-state index contributed by atoms with van der Waals surface area (Å²) in [5.41, 5.74) is 0.961. The summed E-state index contributed by atoms with van der Waals surface area (Å²) in [5.74, 6) is 0. The van der Waals surface area contributed by atoms with Crippen LogP contribution in [0.1, 0.15) is 34.1 Å². The van der Waals surface area contributed by atoms with Crippen molar-refractivity contribution in [1.29, 1.82) is 0 Å². The van der Waals surface area contributed by atoms with Gasteiger partial charge in [0, 0.05) is 18.4 Å². The number of hydrogen-bond acceptors (Lipinski definition) is 1. The Balaban J connectivity index is 2.40. The molecule has 0 bridgehead atoms. The summed E-state index contributed by atoms with van der Waals surface area (Å²) in [6.07, 6.45) is 1.35. The molecule has 1 aliphatic rings. The molecule has 78 valence electrons. The van der Waals surface area contributed by atoms with Crippen LogP contribution in [-0.4, -0.2) is 29.9 Å². The molecule has 0 N–H and O–H groups in total. The molecule has 0 amide bonds. The Hall–Kier alpha value is 0.440. The maximum absolute atomic E-state index is 3.58. The Morgan fingerprint density at radius 2 is 2.00 bits per heavy atom. The number of likely N-dealkylation sites (tertiary alicyclic amines) is 1. The average molecular weight is 248 g/mol. The third kappa shape index (κ3) is 3.59. The molecule has 0 saturated carbocycles. The molecule has 1 saturated heterocycles. The first-order valence-corrected chi connectivity index (χ1v) is 6.25. The second-order valence-electron chi connectivity index (χ2n) is 5.92. The second kappa shape index (κ2) is 3.90. The van der Waals surface area contributed by atoms with Crippen LogP contribution in [-0.2, 0) is 0 Å². The second-order valence-corrected chi connectivity index (χ2v) is 6.48. The van der Waals surface area contributed by atoms with Crippen molar-refractivity contribution in [2.24, 2.45) is 10.8 Å². The molecule has 1 fully saturated rings. The maximum atomic E-state index is 3.58. The van der Waals surface area contributed by atoms with E-state index in [-0.39, 0.29) is 0 Å². The highest BCUT2D eigenvalue weighted by atomic mass is 79.9. The van der Waals surface area contributed by atoms with Crippen molar-refractivity contribution in [1.82, 2.24) is 4.90 Å². The minimum absolute atomic E-state index is 0.417. The van der Waals surface area contributed by atoms with Gasteiger partial charge in [-0.25, -0.2) is 0 Å². The topological polar surface area (TPSA) is 3.24 Å². The van der Waals surface area contributed by atoms with Gasteiger partial charge >= 0.3 is 0 Å². The largest absolute Gasteiger partial charge is 0.302 e. The van der Waals surface area contributed by atoms with Gasteiger partial charge in [-0.2, -0.15) is 0 Å². The van der Waals surface area contributed by atoms with Crippen LogP contribution in [0.15, 0.2) is 0 Å². The van der Waals surface area contributed by atoms with E-state index < -0.39 is 0 Å². The quantitative estimate of drug-likeness (QED) is 0.693. The van der Waals surface area contributed by atoms with Gasteiger partial charge in [0.15, 0.2) is 0 Å². The summed E-state index contributed by atoms with van der Waals surface area (Å²) in [6.45, 7) is 13.2. The molecular weight excluding hydrogens is 226 g/mol. The highest BCUT2D eigenvalue weighted by Gasteiger charge is 2.31. The Morgan fingerprint density at radius 1 is 1.38 bits per heavy atom. The summed E-state index contributed by atoms with van der Waals surface area (Å²) in [6, 6.07) is 0. The van der Waals surface area contributed by atoms with Crippen LogP contribution in [0.3, 0.4) is 0 Å². The van der Waals surface area contributed by atoms with Crippen LogP contribution in [0.25, 0.3) is 0 Å². The fourth-order valence-corrected chi connectivity index (χ4v) is 2.18. The molecule has 0 aromatic carbocycles. The lowest BCUT2D eigenvalue weighted by Crippen LogP contribution is -2.34. The van der Waals surface area contributed by atoms with Crippen molar-refractivity contribution in [2.45, 2.75) is 34.1 Å². The molecule has 1 rings (SSSR count). The number of halogens is 1. The first-order chi connectivity index (χ1) is 5.85. The number of nitrogens with zero attached hydrogens (tertiary/aromatic N) is 1. The fraction of sp³-hybridized carbons (Fsp3) is 1.00. The predicted molar refractivity (Wildman–Crippen MR) is 62.4 cm³/mol. The van der Waals surface area contributed by atoms with Gasteiger partial charge in [0.1, 0.15) is 0 Å². The average Bonchev–Trinajstić information content (AvgIpc) is 2.29. The predicted octanol–water partition coefficient (Wildman–Crippen LogP) is 3.14. The first kappa shape index (κ1) is 11.5. The number of alkyl halides is 1. The van der Waals surface area contributed by atoms with Gasteiger partial charge in [-0.05, 0) is 23.8 Å². The molecule has 1 heterocycles. The number of hydrogen-bond donors (Lipinski definition) is 0. The van der Waals surface area contributed by atoms with E-state index in [2.05, 4.69) is 48.5 Å². The van der Waals surface area contributed by atoms with Crippen molar-refractivity contribution >= 4 is 15.9 Å². The third-order valence-corrected chi connectivity index (χ3v) is 4.29. The van der Waals surface area contributed by atoms with E-state index >= 15 is 0 Å². The van der Waals surface area contributed by atoms with E-state index in [1.807, 2.05) is 0 Å². The summed E-state index contributed by atoms with van der Waals surface area (Å²) in [7, 11) is 0. The van der Waals surface area contributed by atoms with Crippen molar-refractivity contribution in [3.8, 4) is 0 Å². The zero-order valence-electron chi connectivity index (χ0n) is 9.36. The highest BCUT2D eigenvalue weighted by Crippen LogP contribution is 2.31. The molecule has 2 heteroatoms. The molecule has 0 aromatic rings. The standard InChI is InChI=1S/C11H22BrN/c1-10(2)5-6-13(8-10)9-11(3,4)7-12/h5-9H2,1-4H3. The van der Waals surface area contributed by atoms with Crippen molar-refractivity contribution in [3.63, 3.8) is 0 Å². The Morgan fingerprint density at radius 3 is 2.38 bits per heavy atom. The molecule has 0 aromatic heterocycles. The van der Waals surface area contributed by atoms with E-state index in [0.29, 0.717) is 10.8 Å². The SMILES string of the molecule is CC(C)(CBr)CN1CCC(C)(C)C1. The smallest absolute Gasteiger partial charge is 0.00949 e. The maximum Gasteiger partial charge on any atom is 0.00949 e. The first-order valence-electron chi connectivity index (χ1n) is 5.13. The molecule has 0 aliphatic carbocycles. The minimum atomic E-state index is 0.417. The van der Waals surface area contributed by atoms with Crippen molar-refractivity contribution < 1.29 is 0 Å². The van der Waals surface area contributed by atoms with Crippen LogP contribution in [0.2, 0.25) is 0 Å². The van der Waals surface area contributed by atoms with Crippen molar-refractivity contribution in [2.75, 3.05) is 25.0 Å². The lowest BCUT2D eigenvalue weighted by atomic mass is 9.93. The number of rotatable bonds is 3. The molecule has 0 atom stereocenters. The van der Waals surface area contributed by atoms with E-state index in [0.717, 1.165) is 5.33 Å². The Labute approximate surface area is 91.0 Å². The third-order valence-electron chi connectivity index (χ3n) is 2.77. The normalized spacial score (nSPS) is 23.8. The lowest BCUT2D eigenvalue weighted by Gasteiger charge is -2.29. The molecular formula is C11H22BrN. The Kier molecular flexibility index (Phi) is 3.45. The monoisotopic (exact) mass is 247 g/mol. The van der Waals surface area contributed by atoms with E-state index in [1.54, 1.807) is 0 Å². The lowest BCUT2D eigenvalue weighted by molar-refractivity contribution is 0.213. The van der Waals surface area contributed by atoms with Crippen LogP contribution in [0.4, 0.5) is 0 Å². The van der Waals surface area contributed by atoms with E-state index in [1.165, 1.54) is 26.1 Å². The summed E-state index contributed by atoms with van der Waals surface area (Å²) in [5, 5.41) is 1.09. The van der Waals surface area contributed by atoms with Gasteiger partial charge < -0.3 is 4.90 Å². The van der Waals surface area contributed by atoms with E-state index in [4.69, 9.17) is 0 Å².